The van der Waals surface area contributed by atoms with Crippen LogP contribution >= 0.6 is 11.6 Å². The van der Waals surface area contributed by atoms with Gasteiger partial charge in [0.25, 0.3) is 5.56 Å². The Morgan fingerprint density at radius 1 is 1.38 bits per heavy atom. The lowest BCUT2D eigenvalue weighted by molar-refractivity contribution is 0.0522. The lowest BCUT2D eigenvalue weighted by atomic mass is 10.2. The highest BCUT2D eigenvalue weighted by molar-refractivity contribution is 6.35. The summed E-state index contributed by atoms with van der Waals surface area (Å²) in [4.78, 5) is 28.5. The molecule has 6 nitrogen and oxygen atoms in total. The number of carbonyl (C=O) groups is 1. The van der Waals surface area contributed by atoms with Gasteiger partial charge in [-0.1, -0.05) is 17.7 Å². The monoisotopic (exact) mass is 305 g/mol. The summed E-state index contributed by atoms with van der Waals surface area (Å²) in [5.74, 6) is -0.613. The molecule has 0 unspecified atom stereocenters. The Hall–Kier alpha value is -2.34. The molecule has 0 aliphatic carbocycles. The number of hydrogen-bond acceptors (Lipinski definition) is 4. The second-order valence-corrected chi connectivity index (χ2v) is 4.91. The molecule has 0 aliphatic rings. The number of esters is 1. The van der Waals surface area contributed by atoms with Crippen molar-refractivity contribution in [3.63, 3.8) is 0 Å². The van der Waals surface area contributed by atoms with Crippen LogP contribution in [0.3, 0.4) is 0 Å². The summed E-state index contributed by atoms with van der Waals surface area (Å²) in [5.41, 5.74) is 1.13. The van der Waals surface area contributed by atoms with E-state index >= 15 is 0 Å². The van der Waals surface area contributed by atoms with Gasteiger partial charge in [0.15, 0.2) is 5.69 Å². The molecule has 0 bridgehead atoms. The fraction of sp³-hybridized carbons (Fsp3) is 0.214. The van der Waals surface area contributed by atoms with E-state index in [-0.39, 0.29) is 23.4 Å². The van der Waals surface area contributed by atoms with Gasteiger partial charge in [-0.3, -0.25) is 9.20 Å². The number of nitrogens with zero attached hydrogens (tertiary/aromatic N) is 3. The minimum Gasteiger partial charge on any atom is -0.461 e. The van der Waals surface area contributed by atoms with Crippen LogP contribution in [-0.2, 0) is 11.8 Å². The third-order valence-electron chi connectivity index (χ3n) is 3.30. The summed E-state index contributed by atoms with van der Waals surface area (Å²) in [7, 11) is 1.61. The molecule has 0 aliphatic heterocycles. The van der Waals surface area contributed by atoms with Gasteiger partial charge in [0, 0.05) is 7.05 Å². The first-order valence-electron chi connectivity index (χ1n) is 6.37. The molecule has 108 valence electrons. The van der Waals surface area contributed by atoms with Crippen LogP contribution in [0.15, 0.2) is 29.3 Å². The first-order valence-corrected chi connectivity index (χ1v) is 6.75. The molecule has 0 N–H and O–H groups in total. The number of para-hydroxylation sites is 1. The van der Waals surface area contributed by atoms with Crippen molar-refractivity contribution in [1.29, 1.82) is 0 Å². The van der Waals surface area contributed by atoms with Crippen molar-refractivity contribution in [3.05, 3.63) is 45.6 Å². The van der Waals surface area contributed by atoms with Crippen LogP contribution in [0, 0.1) is 0 Å². The summed E-state index contributed by atoms with van der Waals surface area (Å²) in [5, 5.41) is 0.459. The van der Waals surface area contributed by atoms with Crippen LogP contribution in [0.1, 0.15) is 17.4 Å². The Labute approximate surface area is 124 Å². The Morgan fingerprint density at radius 2 is 2.14 bits per heavy atom. The number of imidazole rings is 1. The van der Waals surface area contributed by atoms with Gasteiger partial charge in [0.1, 0.15) is 11.8 Å². The average Bonchev–Trinajstić information content (AvgIpc) is 2.90. The van der Waals surface area contributed by atoms with Gasteiger partial charge in [0.05, 0.1) is 22.7 Å². The highest BCUT2D eigenvalue weighted by atomic mass is 35.5. The average molecular weight is 306 g/mol. The van der Waals surface area contributed by atoms with Crippen molar-refractivity contribution in [2.75, 3.05) is 6.61 Å². The van der Waals surface area contributed by atoms with E-state index < -0.39 is 5.97 Å². The molecule has 0 radical (unpaired) electrons. The molecule has 21 heavy (non-hydrogen) atoms. The number of carbonyl (C=O) groups excluding carboxylic acids is 1. The Balaban J connectivity index is 2.48. The zero-order chi connectivity index (χ0) is 15.1. The molecule has 7 heteroatoms. The zero-order valence-electron chi connectivity index (χ0n) is 11.5. The summed E-state index contributed by atoms with van der Waals surface area (Å²) in [6, 6.07) is 5.29. The van der Waals surface area contributed by atoms with Gasteiger partial charge in [-0.15, -0.1) is 0 Å². The maximum absolute atomic E-state index is 12.5. The van der Waals surface area contributed by atoms with Crippen LogP contribution in [-0.4, -0.2) is 26.5 Å². The van der Waals surface area contributed by atoms with E-state index in [1.165, 1.54) is 10.9 Å². The SMILES string of the molecule is CCOC(=O)c1ncn2c1c(=O)n(C)c1c(Cl)cccc12. The van der Waals surface area contributed by atoms with E-state index in [9.17, 15) is 9.59 Å². The van der Waals surface area contributed by atoms with Crippen molar-refractivity contribution in [2.45, 2.75) is 6.92 Å². The lowest BCUT2D eigenvalue weighted by Gasteiger charge is -2.09. The van der Waals surface area contributed by atoms with Crippen LogP contribution in [0.4, 0.5) is 0 Å². The normalized spacial score (nSPS) is 11.2. The zero-order valence-corrected chi connectivity index (χ0v) is 12.2. The smallest absolute Gasteiger partial charge is 0.359 e. The van der Waals surface area contributed by atoms with E-state index in [1.807, 2.05) is 6.07 Å². The van der Waals surface area contributed by atoms with Crippen molar-refractivity contribution >= 4 is 34.1 Å². The number of hydrogen-bond donors (Lipinski definition) is 0. The molecule has 0 saturated heterocycles. The Kier molecular flexibility index (Phi) is 3.17. The first kappa shape index (κ1) is 13.6. The third-order valence-corrected chi connectivity index (χ3v) is 3.61. The van der Waals surface area contributed by atoms with E-state index in [1.54, 1.807) is 30.5 Å². The molecule has 0 fully saturated rings. The number of rotatable bonds is 2. The quantitative estimate of drug-likeness (QED) is 0.679. The lowest BCUT2D eigenvalue weighted by Crippen LogP contribution is -2.22. The maximum Gasteiger partial charge on any atom is 0.359 e. The van der Waals surface area contributed by atoms with Crippen molar-refractivity contribution in [2.24, 2.45) is 7.05 Å². The number of halogens is 1. The fourth-order valence-corrected chi connectivity index (χ4v) is 2.67. The summed E-state index contributed by atoms with van der Waals surface area (Å²) < 4.78 is 7.92. The number of benzene rings is 1. The third kappa shape index (κ3) is 1.91. The predicted octanol–water partition coefficient (Wildman–Crippen LogP) is 2.02. The summed E-state index contributed by atoms with van der Waals surface area (Å²) in [6.07, 6.45) is 1.43. The standard InChI is InChI=1S/C14H12ClN3O3/c1-3-21-14(20)10-12-13(19)17(2)11-8(15)5-4-6-9(11)18(12)7-16-10/h4-7H,3H2,1-2H3. The molecule has 1 aromatic carbocycles. The van der Waals surface area contributed by atoms with Gasteiger partial charge >= 0.3 is 5.97 Å². The minimum absolute atomic E-state index is 0.0133. The van der Waals surface area contributed by atoms with Gasteiger partial charge in [-0.2, -0.15) is 0 Å². The number of ether oxygens (including phenoxy) is 1. The van der Waals surface area contributed by atoms with E-state index in [4.69, 9.17) is 16.3 Å². The second kappa shape index (κ2) is 4.89. The molecular formula is C14H12ClN3O3. The number of fused-ring (bicyclic) bond motifs is 3. The maximum atomic E-state index is 12.5. The molecular weight excluding hydrogens is 294 g/mol. The molecule has 3 aromatic rings. The molecule has 2 heterocycles. The fourth-order valence-electron chi connectivity index (χ4n) is 2.38. The molecule has 0 amide bonds. The summed E-state index contributed by atoms with van der Waals surface area (Å²) in [6.45, 7) is 1.92. The van der Waals surface area contributed by atoms with Gasteiger partial charge in [-0.05, 0) is 19.1 Å². The van der Waals surface area contributed by atoms with Crippen molar-refractivity contribution in [3.8, 4) is 0 Å². The van der Waals surface area contributed by atoms with Gasteiger partial charge in [-0.25, -0.2) is 9.78 Å². The topological polar surface area (TPSA) is 65.6 Å². The van der Waals surface area contributed by atoms with Crippen LogP contribution in [0.2, 0.25) is 5.02 Å². The van der Waals surface area contributed by atoms with Crippen LogP contribution in [0.5, 0.6) is 0 Å². The highest BCUT2D eigenvalue weighted by Gasteiger charge is 2.20. The van der Waals surface area contributed by atoms with E-state index in [0.29, 0.717) is 16.1 Å². The van der Waals surface area contributed by atoms with Gasteiger partial charge < -0.3 is 9.30 Å². The predicted molar refractivity (Wildman–Crippen MR) is 78.9 cm³/mol. The van der Waals surface area contributed by atoms with E-state index in [0.717, 1.165) is 0 Å². The minimum atomic E-state index is -0.613. The van der Waals surface area contributed by atoms with Crippen LogP contribution in [0.25, 0.3) is 16.6 Å². The van der Waals surface area contributed by atoms with E-state index in [2.05, 4.69) is 4.98 Å². The largest absolute Gasteiger partial charge is 0.461 e. The molecule has 2 aromatic heterocycles. The van der Waals surface area contributed by atoms with Crippen molar-refractivity contribution < 1.29 is 9.53 Å². The highest BCUT2D eigenvalue weighted by Crippen LogP contribution is 2.23. The molecule has 0 spiro atoms. The molecule has 0 atom stereocenters. The number of aryl methyl sites for hydroxylation is 1. The number of aromatic nitrogens is 3. The Bertz CT molecular complexity index is 926. The van der Waals surface area contributed by atoms with Crippen LogP contribution < -0.4 is 5.56 Å². The van der Waals surface area contributed by atoms with Gasteiger partial charge in [0.2, 0.25) is 0 Å². The molecule has 0 saturated carbocycles. The Morgan fingerprint density at radius 3 is 2.86 bits per heavy atom. The first-order chi connectivity index (χ1) is 10.1. The summed E-state index contributed by atoms with van der Waals surface area (Å²) >= 11 is 6.17. The van der Waals surface area contributed by atoms with Crippen molar-refractivity contribution in [1.82, 2.24) is 14.0 Å². The molecule has 3 rings (SSSR count). The second-order valence-electron chi connectivity index (χ2n) is 4.50.